The number of hydrogen-bond donors (Lipinski definition) is 1. The van der Waals surface area contributed by atoms with Crippen LogP contribution in [0, 0.1) is 5.41 Å². The van der Waals surface area contributed by atoms with E-state index in [0.29, 0.717) is 0 Å². The first-order chi connectivity index (χ1) is 6.59. The lowest BCUT2D eigenvalue weighted by atomic mass is 9.93. The predicted molar refractivity (Wildman–Crippen MR) is 59.3 cm³/mol. The van der Waals surface area contributed by atoms with Gasteiger partial charge in [-0.2, -0.15) is 0 Å². The fourth-order valence-electron chi connectivity index (χ4n) is 1.65. The van der Waals surface area contributed by atoms with E-state index in [1.807, 2.05) is 0 Å². The van der Waals surface area contributed by atoms with E-state index in [9.17, 15) is 0 Å². The second kappa shape index (κ2) is 5.10. The summed E-state index contributed by atoms with van der Waals surface area (Å²) in [5, 5.41) is 0. The monoisotopic (exact) mass is 200 g/mol. The van der Waals surface area contributed by atoms with Crippen LogP contribution in [0.2, 0.25) is 0 Å². The topological polar surface area (TPSA) is 38.5 Å². The van der Waals surface area contributed by atoms with E-state index in [4.69, 9.17) is 10.5 Å². The average Bonchev–Trinajstić information content (AvgIpc) is 2.95. The van der Waals surface area contributed by atoms with Crippen molar-refractivity contribution in [3.05, 3.63) is 0 Å². The normalized spacial score (nSPS) is 17.8. The molecular formula is C11H24N2O. The van der Waals surface area contributed by atoms with Crippen molar-refractivity contribution in [2.75, 3.05) is 33.4 Å². The fraction of sp³-hybridized carbons (Fsp3) is 1.00. The van der Waals surface area contributed by atoms with Crippen molar-refractivity contribution in [1.29, 1.82) is 0 Å². The highest BCUT2D eigenvalue weighted by atomic mass is 16.5. The Morgan fingerprint density at radius 2 is 2.07 bits per heavy atom. The molecule has 1 rings (SSSR count). The van der Waals surface area contributed by atoms with Gasteiger partial charge in [0.1, 0.15) is 0 Å². The summed E-state index contributed by atoms with van der Waals surface area (Å²) in [5.41, 5.74) is 5.98. The van der Waals surface area contributed by atoms with Crippen LogP contribution in [0.1, 0.15) is 26.7 Å². The van der Waals surface area contributed by atoms with Crippen LogP contribution in [0.3, 0.4) is 0 Å². The quantitative estimate of drug-likeness (QED) is 0.668. The van der Waals surface area contributed by atoms with Gasteiger partial charge in [-0.1, -0.05) is 13.8 Å². The summed E-state index contributed by atoms with van der Waals surface area (Å²) in [6.45, 7) is 8.19. The van der Waals surface area contributed by atoms with Crippen LogP contribution in [-0.2, 0) is 4.74 Å². The van der Waals surface area contributed by atoms with Crippen molar-refractivity contribution >= 4 is 0 Å². The standard InChI is InChI=1S/C11H24N2O/c1-11(2,8-12)9-13(6-7-14-3)10-4-5-10/h10H,4-9,12H2,1-3H3. The molecule has 0 radical (unpaired) electrons. The van der Waals surface area contributed by atoms with Crippen LogP contribution in [0.5, 0.6) is 0 Å². The number of hydrogen-bond acceptors (Lipinski definition) is 3. The van der Waals surface area contributed by atoms with Crippen molar-refractivity contribution in [3.63, 3.8) is 0 Å². The Kier molecular flexibility index (Phi) is 4.35. The van der Waals surface area contributed by atoms with Crippen LogP contribution >= 0.6 is 0 Å². The number of ether oxygens (including phenoxy) is 1. The minimum atomic E-state index is 0.232. The number of methoxy groups -OCH3 is 1. The SMILES string of the molecule is COCCN(CC(C)(C)CN)C1CC1. The van der Waals surface area contributed by atoms with Gasteiger partial charge in [-0.25, -0.2) is 0 Å². The molecule has 0 spiro atoms. The lowest BCUT2D eigenvalue weighted by Gasteiger charge is -2.31. The van der Waals surface area contributed by atoms with Crippen molar-refractivity contribution in [3.8, 4) is 0 Å². The Labute approximate surface area is 87.6 Å². The van der Waals surface area contributed by atoms with Gasteiger partial charge in [-0.05, 0) is 24.8 Å². The Hall–Kier alpha value is -0.120. The van der Waals surface area contributed by atoms with Gasteiger partial charge in [-0.3, -0.25) is 4.90 Å². The maximum absolute atomic E-state index is 5.75. The molecule has 0 heterocycles. The second-order valence-electron chi connectivity index (χ2n) is 5.06. The molecule has 0 amide bonds. The van der Waals surface area contributed by atoms with E-state index in [1.54, 1.807) is 7.11 Å². The minimum Gasteiger partial charge on any atom is -0.383 e. The molecule has 2 N–H and O–H groups in total. The van der Waals surface area contributed by atoms with E-state index < -0.39 is 0 Å². The fourth-order valence-corrected chi connectivity index (χ4v) is 1.65. The van der Waals surface area contributed by atoms with Gasteiger partial charge in [0, 0.05) is 26.2 Å². The number of rotatable bonds is 7. The van der Waals surface area contributed by atoms with Gasteiger partial charge in [0.05, 0.1) is 6.61 Å². The zero-order chi connectivity index (χ0) is 10.6. The largest absolute Gasteiger partial charge is 0.383 e. The van der Waals surface area contributed by atoms with E-state index in [0.717, 1.165) is 32.3 Å². The molecule has 0 aromatic heterocycles. The highest BCUT2D eigenvalue weighted by Gasteiger charge is 2.32. The van der Waals surface area contributed by atoms with Crippen molar-refractivity contribution in [1.82, 2.24) is 4.90 Å². The molecule has 3 heteroatoms. The van der Waals surface area contributed by atoms with Crippen LogP contribution in [-0.4, -0.2) is 44.3 Å². The van der Waals surface area contributed by atoms with Gasteiger partial charge in [-0.15, -0.1) is 0 Å². The third-order valence-corrected chi connectivity index (χ3v) is 2.83. The van der Waals surface area contributed by atoms with Crippen molar-refractivity contribution in [2.24, 2.45) is 11.1 Å². The first kappa shape index (κ1) is 12.0. The number of nitrogens with two attached hydrogens (primary N) is 1. The smallest absolute Gasteiger partial charge is 0.0589 e. The molecule has 0 unspecified atom stereocenters. The maximum Gasteiger partial charge on any atom is 0.0589 e. The van der Waals surface area contributed by atoms with Crippen LogP contribution in [0.15, 0.2) is 0 Å². The zero-order valence-corrected chi connectivity index (χ0v) is 9.75. The Balaban J connectivity index is 2.34. The molecule has 14 heavy (non-hydrogen) atoms. The highest BCUT2D eigenvalue weighted by Crippen LogP contribution is 2.29. The molecule has 84 valence electrons. The van der Waals surface area contributed by atoms with Gasteiger partial charge >= 0.3 is 0 Å². The molecule has 0 aromatic rings. The Morgan fingerprint density at radius 3 is 2.50 bits per heavy atom. The van der Waals surface area contributed by atoms with Crippen molar-refractivity contribution < 1.29 is 4.74 Å². The van der Waals surface area contributed by atoms with Crippen LogP contribution < -0.4 is 5.73 Å². The summed E-state index contributed by atoms with van der Waals surface area (Å²) in [5.74, 6) is 0. The Morgan fingerprint density at radius 1 is 1.43 bits per heavy atom. The molecule has 0 bridgehead atoms. The Bertz CT molecular complexity index is 167. The summed E-state index contributed by atoms with van der Waals surface area (Å²) < 4.78 is 5.13. The molecule has 3 nitrogen and oxygen atoms in total. The summed E-state index contributed by atoms with van der Waals surface area (Å²) in [4.78, 5) is 2.52. The molecule has 1 fully saturated rings. The van der Waals surface area contributed by atoms with Gasteiger partial charge in [0.15, 0.2) is 0 Å². The van der Waals surface area contributed by atoms with Gasteiger partial charge in [0.2, 0.25) is 0 Å². The summed E-state index contributed by atoms with van der Waals surface area (Å²) in [6.07, 6.45) is 2.70. The molecule has 0 aromatic carbocycles. The minimum absolute atomic E-state index is 0.232. The molecular weight excluding hydrogens is 176 g/mol. The molecule has 0 atom stereocenters. The lowest BCUT2D eigenvalue weighted by Crippen LogP contribution is -2.41. The summed E-state index contributed by atoms with van der Waals surface area (Å²) >= 11 is 0. The molecule has 1 saturated carbocycles. The predicted octanol–water partition coefficient (Wildman–Crippen LogP) is 1.08. The zero-order valence-electron chi connectivity index (χ0n) is 9.75. The highest BCUT2D eigenvalue weighted by molar-refractivity contribution is 4.87. The lowest BCUT2D eigenvalue weighted by molar-refractivity contribution is 0.115. The molecule has 0 aliphatic heterocycles. The van der Waals surface area contributed by atoms with Gasteiger partial charge < -0.3 is 10.5 Å². The third kappa shape index (κ3) is 3.95. The maximum atomic E-state index is 5.75. The van der Waals surface area contributed by atoms with E-state index in [-0.39, 0.29) is 5.41 Å². The summed E-state index contributed by atoms with van der Waals surface area (Å²) in [7, 11) is 1.76. The van der Waals surface area contributed by atoms with Crippen LogP contribution in [0.25, 0.3) is 0 Å². The molecule has 1 aliphatic carbocycles. The van der Waals surface area contributed by atoms with Gasteiger partial charge in [0.25, 0.3) is 0 Å². The molecule has 1 aliphatic rings. The summed E-state index contributed by atoms with van der Waals surface area (Å²) in [6, 6.07) is 0.802. The van der Waals surface area contributed by atoms with Crippen LogP contribution in [0.4, 0.5) is 0 Å². The molecule has 0 saturated heterocycles. The van der Waals surface area contributed by atoms with E-state index in [2.05, 4.69) is 18.7 Å². The van der Waals surface area contributed by atoms with Crippen molar-refractivity contribution in [2.45, 2.75) is 32.7 Å². The van der Waals surface area contributed by atoms with E-state index >= 15 is 0 Å². The second-order valence-corrected chi connectivity index (χ2v) is 5.06. The van der Waals surface area contributed by atoms with E-state index in [1.165, 1.54) is 12.8 Å². The average molecular weight is 200 g/mol. The first-order valence-electron chi connectivity index (χ1n) is 5.52. The third-order valence-electron chi connectivity index (χ3n) is 2.83. The number of nitrogens with zero attached hydrogens (tertiary/aromatic N) is 1. The first-order valence-corrected chi connectivity index (χ1v) is 5.52.